The molecule has 0 saturated heterocycles. The van der Waals surface area contributed by atoms with Gasteiger partial charge in [0.1, 0.15) is 6.04 Å². The van der Waals surface area contributed by atoms with E-state index in [1.807, 2.05) is 6.92 Å². The molecule has 0 aliphatic heterocycles. The highest BCUT2D eigenvalue weighted by molar-refractivity contribution is 7.99. The molecule has 0 aliphatic carbocycles. The number of carboxylic acid groups (broad SMARTS) is 2. The van der Waals surface area contributed by atoms with E-state index in [1.165, 1.54) is 0 Å². The van der Waals surface area contributed by atoms with Gasteiger partial charge in [0, 0.05) is 12.5 Å². The number of nitrogens with one attached hydrogen (secondary N) is 2. The normalized spacial score (nSPS) is 13.3. The quantitative estimate of drug-likeness (QED) is 0.450. The van der Waals surface area contributed by atoms with Gasteiger partial charge in [-0.1, -0.05) is 6.92 Å². The number of carbonyl (C=O) groups is 3. The van der Waals surface area contributed by atoms with Crippen LogP contribution in [0.3, 0.4) is 0 Å². The van der Waals surface area contributed by atoms with Crippen molar-refractivity contribution in [2.45, 2.75) is 45.2 Å². The van der Waals surface area contributed by atoms with Gasteiger partial charge in [0.05, 0.1) is 0 Å². The second kappa shape index (κ2) is 10.4. The zero-order valence-electron chi connectivity index (χ0n) is 11.7. The molecule has 0 radical (unpaired) electrons. The summed E-state index contributed by atoms with van der Waals surface area (Å²) >= 11 is 1.76. The summed E-state index contributed by atoms with van der Waals surface area (Å²) in [6.45, 7) is 3.89. The third-order valence-electron chi connectivity index (χ3n) is 2.53. The molecule has 116 valence electrons. The first-order valence-electron chi connectivity index (χ1n) is 6.46. The van der Waals surface area contributed by atoms with E-state index >= 15 is 0 Å². The lowest BCUT2D eigenvalue weighted by molar-refractivity contribution is -0.140. The van der Waals surface area contributed by atoms with E-state index in [0.717, 1.165) is 17.9 Å². The molecule has 0 saturated carbocycles. The number of hydrogen-bond acceptors (Lipinski definition) is 4. The van der Waals surface area contributed by atoms with Gasteiger partial charge in [0.2, 0.25) is 0 Å². The highest BCUT2D eigenvalue weighted by atomic mass is 32.2. The van der Waals surface area contributed by atoms with Crippen molar-refractivity contribution in [1.82, 2.24) is 10.6 Å². The van der Waals surface area contributed by atoms with Crippen LogP contribution < -0.4 is 10.6 Å². The summed E-state index contributed by atoms with van der Waals surface area (Å²) in [5, 5.41) is 22.3. The van der Waals surface area contributed by atoms with Crippen LogP contribution in [0.25, 0.3) is 0 Å². The second-order valence-corrected chi connectivity index (χ2v) is 5.72. The van der Waals surface area contributed by atoms with Crippen molar-refractivity contribution in [2.24, 2.45) is 0 Å². The molecule has 0 aliphatic rings. The summed E-state index contributed by atoms with van der Waals surface area (Å²) in [6, 6.07) is -1.84. The molecule has 0 bridgehead atoms. The summed E-state index contributed by atoms with van der Waals surface area (Å²) in [5.74, 6) is -0.409. The van der Waals surface area contributed by atoms with E-state index in [1.54, 1.807) is 11.8 Å². The third kappa shape index (κ3) is 9.48. The SMILES string of the molecule is CCSCCC(C)NC(=O)N[C@@H](CCC(=O)O)C(=O)O. The van der Waals surface area contributed by atoms with Crippen LogP contribution in [0, 0.1) is 0 Å². The van der Waals surface area contributed by atoms with E-state index in [9.17, 15) is 14.4 Å². The molecule has 0 aromatic rings. The summed E-state index contributed by atoms with van der Waals surface area (Å²) in [7, 11) is 0. The van der Waals surface area contributed by atoms with Crippen LogP contribution in [-0.4, -0.2) is 51.8 Å². The number of rotatable bonds is 10. The van der Waals surface area contributed by atoms with Crippen molar-refractivity contribution in [3.05, 3.63) is 0 Å². The molecule has 7 nitrogen and oxygen atoms in total. The van der Waals surface area contributed by atoms with Gasteiger partial charge in [-0.15, -0.1) is 0 Å². The lowest BCUT2D eigenvalue weighted by atomic mass is 10.1. The van der Waals surface area contributed by atoms with Crippen LogP contribution in [0.4, 0.5) is 4.79 Å². The third-order valence-corrected chi connectivity index (χ3v) is 3.46. The average molecular weight is 306 g/mol. The first-order chi connectivity index (χ1) is 9.36. The van der Waals surface area contributed by atoms with Gasteiger partial charge in [0.25, 0.3) is 0 Å². The van der Waals surface area contributed by atoms with E-state index in [4.69, 9.17) is 10.2 Å². The molecule has 0 heterocycles. The van der Waals surface area contributed by atoms with Crippen molar-refractivity contribution in [3.8, 4) is 0 Å². The Balaban J connectivity index is 4.11. The Bertz CT molecular complexity index is 338. The first kappa shape index (κ1) is 18.6. The summed E-state index contributed by atoms with van der Waals surface area (Å²) in [6.07, 6.45) is 0.344. The van der Waals surface area contributed by atoms with Crippen molar-refractivity contribution >= 4 is 29.7 Å². The van der Waals surface area contributed by atoms with Crippen LogP contribution in [0.5, 0.6) is 0 Å². The second-order valence-electron chi connectivity index (χ2n) is 4.33. The van der Waals surface area contributed by atoms with Crippen LogP contribution in [0.15, 0.2) is 0 Å². The number of carboxylic acids is 2. The number of thioether (sulfide) groups is 1. The summed E-state index contributed by atoms with van der Waals surface area (Å²) in [5.41, 5.74) is 0. The number of hydrogen-bond donors (Lipinski definition) is 4. The topological polar surface area (TPSA) is 116 Å². The Morgan fingerprint density at radius 1 is 1.15 bits per heavy atom. The fraction of sp³-hybridized carbons (Fsp3) is 0.750. The molecule has 0 fully saturated rings. The van der Waals surface area contributed by atoms with Crippen molar-refractivity contribution in [2.75, 3.05) is 11.5 Å². The molecule has 2 amide bonds. The van der Waals surface area contributed by atoms with Gasteiger partial charge in [-0.05, 0) is 31.3 Å². The largest absolute Gasteiger partial charge is 0.481 e. The molecular formula is C12H22N2O5S. The predicted molar refractivity (Wildman–Crippen MR) is 77.0 cm³/mol. The molecule has 8 heteroatoms. The van der Waals surface area contributed by atoms with Crippen molar-refractivity contribution in [1.29, 1.82) is 0 Å². The van der Waals surface area contributed by atoms with E-state index in [-0.39, 0.29) is 18.9 Å². The minimum atomic E-state index is -1.24. The molecule has 0 aromatic heterocycles. The number of carbonyl (C=O) groups excluding carboxylic acids is 1. The van der Waals surface area contributed by atoms with Gasteiger partial charge in [0.15, 0.2) is 0 Å². The Kier molecular flexibility index (Phi) is 9.61. The van der Waals surface area contributed by atoms with Gasteiger partial charge >= 0.3 is 18.0 Å². The number of amides is 2. The minimum absolute atomic E-state index is 0.0667. The minimum Gasteiger partial charge on any atom is -0.481 e. The van der Waals surface area contributed by atoms with E-state index < -0.39 is 24.0 Å². The maximum Gasteiger partial charge on any atom is 0.326 e. The van der Waals surface area contributed by atoms with Gasteiger partial charge in [-0.25, -0.2) is 9.59 Å². The van der Waals surface area contributed by atoms with Crippen LogP contribution >= 0.6 is 11.8 Å². The molecule has 20 heavy (non-hydrogen) atoms. The van der Waals surface area contributed by atoms with Crippen molar-refractivity contribution in [3.63, 3.8) is 0 Å². The maximum atomic E-state index is 11.6. The number of urea groups is 1. The highest BCUT2D eigenvalue weighted by Crippen LogP contribution is 2.04. The fourth-order valence-electron chi connectivity index (χ4n) is 1.43. The Morgan fingerprint density at radius 2 is 1.80 bits per heavy atom. The van der Waals surface area contributed by atoms with Crippen LogP contribution in [0.2, 0.25) is 0 Å². The fourth-order valence-corrected chi connectivity index (χ4v) is 2.23. The Hall–Kier alpha value is -1.44. The Morgan fingerprint density at radius 3 is 2.30 bits per heavy atom. The molecule has 0 spiro atoms. The Labute approximate surface area is 122 Å². The molecule has 2 atom stereocenters. The van der Waals surface area contributed by atoms with E-state index in [2.05, 4.69) is 17.6 Å². The summed E-state index contributed by atoms with van der Waals surface area (Å²) < 4.78 is 0. The highest BCUT2D eigenvalue weighted by Gasteiger charge is 2.21. The standard InChI is InChI=1S/C12H22N2O5S/c1-3-20-7-6-8(2)13-12(19)14-9(11(17)18)4-5-10(15)16/h8-9H,3-7H2,1-2H3,(H,15,16)(H,17,18)(H2,13,14,19)/t8?,9-/m0/s1. The lowest BCUT2D eigenvalue weighted by Crippen LogP contribution is -2.48. The monoisotopic (exact) mass is 306 g/mol. The molecule has 0 aromatic carbocycles. The first-order valence-corrected chi connectivity index (χ1v) is 7.61. The van der Waals surface area contributed by atoms with Gasteiger partial charge in [-0.3, -0.25) is 4.79 Å². The molecule has 4 N–H and O–H groups in total. The van der Waals surface area contributed by atoms with E-state index in [0.29, 0.717) is 0 Å². The molecular weight excluding hydrogens is 284 g/mol. The van der Waals surface area contributed by atoms with Gasteiger partial charge < -0.3 is 20.8 Å². The van der Waals surface area contributed by atoms with Crippen molar-refractivity contribution < 1.29 is 24.6 Å². The molecule has 0 rings (SSSR count). The predicted octanol–water partition coefficient (Wildman–Crippen LogP) is 1.14. The zero-order valence-corrected chi connectivity index (χ0v) is 12.5. The maximum absolute atomic E-state index is 11.6. The van der Waals surface area contributed by atoms with Crippen LogP contribution in [-0.2, 0) is 9.59 Å². The number of aliphatic carboxylic acids is 2. The molecule has 1 unspecified atom stereocenters. The van der Waals surface area contributed by atoms with Gasteiger partial charge in [-0.2, -0.15) is 11.8 Å². The smallest absolute Gasteiger partial charge is 0.326 e. The van der Waals surface area contributed by atoms with Crippen LogP contribution in [0.1, 0.15) is 33.1 Å². The summed E-state index contributed by atoms with van der Waals surface area (Å²) in [4.78, 5) is 32.9. The zero-order chi connectivity index (χ0) is 15.5. The average Bonchev–Trinajstić information content (AvgIpc) is 2.34. The lowest BCUT2D eigenvalue weighted by Gasteiger charge is -2.17.